The number of thiocarbonyl (C=S) groups is 1. The van der Waals surface area contributed by atoms with E-state index in [1.807, 2.05) is 12.1 Å². The van der Waals surface area contributed by atoms with Crippen molar-refractivity contribution in [3.8, 4) is 0 Å². The molecule has 0 saturated heterocycles. The van der Waals surface area contributed by atoms with Crippen LogP contribution in [0.3, 0.4) is 0 Å². The summed E-state index contributed by atoms with van der Waals surface area (Å²) in [6, 6.07) is 7.66. The van der Waals surface area contributed by atoms with Crippen molar-refractivity contribution in [2.24, 2.45) is 0 Å². The minimum Gasteiger partial charge on any atom is -0.360 e. The van der Waals surface area contributed by atoms with Crippen LogP contribution in [0.5, 0.6) is 0 Å². The van der Waals surface area contributed by atoms with Gasteiger partial charge < -0.3 is 5.32 Å². The van der Waals surface area contributed by atoms with Crippen LogP contribution in [0.1, 0.15) is 36.0 Å². The molecule has 1 amide bonds. The van der Waals surface area contributed by atoms with Crippen LogP contribution in [0.25, 0.3) is 0 Å². The van der Waals surface area contributed by atoms with Gasteiger partial charge in [-0.15, -0.1) is 0 Å². The molecule has 0 spiro atoms. The molecule has 0 radical (unpaired) electrons. The number of benzene rings is 1. The number of nitrogens with one attached hydrogen (secondary N) is 2. The lowest BCUT2D eigenvalue weighted by molar-refractivity contribution is 0.0976. The molecule has 2 N–H and O–H groups in total. The fourth-order valence-electron chi connectivity index (χ4n) is 2.10. The second-order valence-corrected chi connectivity index (χ2v) is 5.74. The number of carbonyl (C=O) groups is 1. The minimum absolute atomic E-state index is 0.174. The molecule has 0 bridgehead atoms. The summed E-state index contributed by atoms with van der Waals surface area (Å²) in [6.07, 6.45) is 4.74. The lowest BCUT2D eigenvalue weighted by atomic mass is 10.2. The molecule has 0 aliphatic heterocycles. The van der Waals surface area contributed by atoms with Crippen molar-refractivity contribution in [3.05, 3.63) is 34.3 Å². The SMILES string of the molecule is O=C(NC(=S)NC1CCCC1)c1cccc(Br)c1. The van der Waals surface area contributed by atoms with Gasteiger partial charge in [0.2, 0.25) is 0 Å². The zero-order valence-electron chi connectivity index (χ0n) is 9.91. The van der Waals surface area contributed by atoms with Crippen LogP contribution in [0.4, 0.5) is 0 Å². The predicted octanol–water partition coefficient (Wildman–Crippen LogP) is 3.00. The van der Waals surface area contributed by atoms with Gasteiger partial charge in [0.1, 0.15) is 0 Å². The monoisotopic (exact) mass is 326 g/mol. The fourth-order valence-corrected chi connectivity index (χ4v) is 2.76. The number of carbonyl (C=O) groups excluding carboxylic acids is 1. The first kappa shape index (κ1) is 13.5. The standard InChI is InChI=1S/C13H15BrN2OS/c14-10-5-3-4-9(8-10)12(17)16-13(18)15-11-6-1-2-7-11/h3-5,8,11H,1-2,6-7H2,(H2,15,16,17,18). The average Bonchev–Trinajstić information content (AvgIpc) is 2.81. The predicted molar refractivity (Wildman–Crippen MR) is 79.6 cm³/mol. The molecule has 5 heteroatoms. The van der Waals surface area contributed by atoms with E-state index in [0.717, 1.165) is 17.3 Å². The van der Waals surface area contributed by atoms with Gasteiger partial charge in [-0.1, -0.05) is 34.8 Å². The molecule has 2 rings (SSSR count). The number of rotatable bonds is 2. The van der Waals surface area contributed by atoms with Crippen molar-refractivity contribution in [1.29, 1.82) is 0 Å². The molecule has 1 saturated carbocycles. The Bertz CT molecular complexity index is 458. The molecular weight excluding hydrogens is 312 g/mol. The van der Waals surface area contributed by atoms with E-state index in [0.29, 0.717) is 16.7 Å². The summed E-state index contributed by atoms with van der Waals surface area (Å²) in [6.45, 7) is 0. The Balaban J connectivity index is 1.88. The van der Waals surface area contributed by atoms with Gasteiger partial charge in [0.05, 0.1) is 0 Å². The maximum Gasteiger partial charge on any atom is 0.257 e. The van der Waals surface area contributed by atoms with E-state index in [1.165, 1.54) is 12.8 Å². The van der Waals surface area contributed by atoms with Crippen LogP contribution in [-0.2, 0) is 0 Å². The van der Waals surface area contributed by atoms with Gasteiger partial charge in [0, 0.05) is 16.1 Å². The summed E-state index contributed by atoms with van der Waals surface area (Å²) >= 11 is 8.48. The van der Waals surface area contributed by atoms with E-state index in [-0.39, 0.29) is 5.91 Å². The number of hydrogen-bond donors (Lipinski definition) is 2. The minimum atomic E-state index is -0.174. The normalized spacial score (nSPS) is 15.4. The third kappa shape index (κ3) is 3.78. The smallest absolute Gasteiger partial charge is 0.257 e. The maximum absolute atomic E-state index is 11.9. The molecule has 0 heterocycles. The Morgan fingerprint density at radius 2 is 2.06 bits per heavy atom. The molecule has 1 fully saturated rings. The summed E-state index contributed by atoms with van der Waals surface area (Å²) < 4.78 is 0.879. The van der Waals surface area contributed by atoms with Gasteiger partial charge in [-0.05, 0) is 43.3 Å². The van der Waals surface area contributed by atoms with Crippen LogP contribution < -0.4 is 10.6 Å². The first-order chi connectivity index (χ1) is 8.65. The van der Waals surface area contributed by atoms with Gasteiger partial charge >= 0.3 is 0 Å². The van der Waals surface area contributed by atoms with E-state index in [2.05, 4.69) is 26.6 Å². The highest BCUT2D eigenvalue weighted by Crippen LogP contribution is 2.17. The van der Waals surface area contributed by atoms with Gasteiger partial charge in [-0.25, -0.2) is 0 Å². The summed E-state index contributed by atoms with van der Waals surface area (Å²) in [5, 5.41) is 6.32. The Hall–Kier alpha value is -0.940. The van der Waals surface area contributed by atoms with E-state index >= 15 is 0 Å². The van der Waals surface area contributed by atoms with E-state index in [9.17, 15) is 4.79 Å². The summed E-state index contributed by atoms with van der Waals surface area (Å²) in [5.74, 6) is -0.174. The fraction of sp³-hybridized carbons (Fsp3) is 0.385. The summed E-state index contributed by atoms with van der Waals surface area (Å²) in [7, 11) is 0. The van der Waals surface area contributed by atoms with Gasteiger partial charge in [-0.2, -0.15) is 0 Å². The molecule has 1 aromatic carbocycles. The zero-order chi connectivity index (χ0) is 13.0. The largest absolute Gasteiger partial charge is 0.360 e. The molecule has 18 heavy (non-hydrogen) atoms. The van der Waals surface area contributed by atoms with Gasteiger partial charge in [0.15, 0.2) is 5.11 Å². The average molecular weight is 327 g/mol. The summed E-state index contributed by atoms with van der Waals surface area (Å²) in [5.41, 5.74) is 0.597. The van der Waals surface area contributed by atoms with Crippen molar-refractivity contribution in [2.45, 2.75) is 31.7 Å². The van der Waals surface area contributed by atoms with Crippen molar-refractivity contribution in [1.82, 2.24) is 10.6 Å². The van der Waals surface area contributed by atoms with E-state index in [4.69, 9.17) is 12.2 Å². The zero-order valence-corrected chi connectivity index (χ0v) is 12.3. The molecule has 1 aromatic rings. The molecule has 0 unspecified atom stereocenters. The van der Waals surface area contributed by atoms with Crippen LogP contribution in [0.2, 0.25) is 0 Å². The quantitative estimate of drug-likeness (QED) is 0.821. The number of halogens is 1. The topological polar surface area (TPSA) is 41.1 Å². The highest BCUT2D eigenvalue weighted by Gasteiger charge is 2.16. The van der Waals surface area contributed by atoms with Crippen molar-refractivity contribution < 1.29 is 4.79 Å². The molecule has 0 aromatic heterocycles. The van der Waals surface area contributed by atoms with Gasteiger partial charge in [0.25, 0.3) is 5.91 Å². The van der Waals surface area contributed by atoms with Crippen molar-refractivity contribution >= 4 is 39.2 Å². The highest BCUT2D eigenvalue weighted by molar-refractivity contribution is 9.10. The maximum atomic E-state index is 11.9. The molecule has 1 aliphatic carbocycles. The van der Waals surface area contributed by atoms with Crippen molar-refractivity contribution in [2.75, 3.05) is 0 Å². The molecular formula is C13H15BrN2OS. The summed E-state index contributed by atoms with van der Waals surface area (Å²) in [4.78, 5) is 11.9. The van der Waals surface area contributed by atoms with Crippen LogP contribution in [-0.4, -0.2) is 17.1 Å². The van der Waals surface area contributed by atoms with Crippen LogP contribution >= 0.6 is 28.1 Å². The first-order valence-corrected chi connectivity index (χ1v) is 7.23. The Morgan fingerprint density at radius 1 is 1.33 bits per heavy atom. The van der Waals surface area contributed by atoms with Crippen LogP contribution in [0, 0.1) is 0 Å². The second kappa shape index (κ2) is 6.29. The molecule has 96 valence electrons. The van der Waals surface area contributed by atoms with Gasteiger partial charge in [-0.3, -0.25) is 10.1 Å². The second-order valence-electron chi connectivity index (χ2n) is 4.42. The molecule has 0 atom stereocenters. The van der Waals surface area contributed by atoms with E-state index < -0.39 is 0 Å². The van der Waals surface area contributed by atoms with Crippen molar-refractivity contribution in [3.63, 3.8) is 0 Å². The Labute approximate surface area is 120 Å². The third-order valence-electron chi connectivity index (χ3n) is 3.00. The third-order valence-corrected chi connectivity index (χ3v) is 3.72. The first-order valence-electron chi connectivity index (χ1n) is 6.02. The lowest BCUT2D eigenvalue weighted by Gasteiger charge is -2.14. The number of amides is 1. The number of hydrogen-bond acceptors (Lipinski definition) is 2. The van der Waals surface area contributed by atoms with Crippen LogP contribution in [0.15, 0.2) is 28.7 Å². The Morgan fingerprint density at radius 3 is 2.72 bits per heavy atom. The molecule has 3 nitrogen and oxygen atoms in total. The molecule has 1 aliphatic rings. The van der Waals surface area contributed by atoms with E-state index in [1.54, 1.807) is 12.1 Å². The lowest BCUT2D eigenvalue weighted by Crippen LogP contribution is -2.43. The Kier molecular flexibility index (Phi) is 4.72. The highest BCUT2D eigenvalue weighted by atomic mass is 79.9.